The molecule has 147 valence electrons. The van der Waals surface area contributed by atoms with Gasteiger partial charge < -0.3 is 45.4 Å². The van der Waals surface area contributed by atoms with Crippen molar-refractivity contribution in [3.8, 4) is 11.5 Å². The minimum atomic E-state index is -0.195. The number of amides is 2. The molecule has 27 heavy (non-hydrogen) atoms. The number of ether oxygens (including phenoxy) is 2. The first kappa shape index (κ1) is 25.2. The molecule has 6 nitrogen and oxygen atoms in total. The van der Waals surface area contributed by atoms with Crippen LogP contribution in [0.3, 0.4) is 0 Å². The molecular weight excluding hydrogens is 431 g/mol. The van der Waals surface area contributed by atoms with Gasteiger partial charge in [-0.1, -0.05) is 35.8 Å². The molecule has 2 N–H and O–H groups in total. The summed E-state index contributed by atoms with van der Waals surface area (Å²) in [4.78, 5) is 22.0. The minimum Gasteiger partial charge on any atom is -0.783 e. The van der Waals surface area contributed by atoms with E-state index < -0.39 is 0 Å². The van der Waals surface area contributed by atoms with Crippen LogP contribution in [-0.4, -0.2) is 37.5 Å². The Bertz CT molecular complexity index is 671. The maximum Gasteiger partial charge on any atom is 2.00 e. The second kappa shape index (κ2) is 14.3. The predicted molar refractivity (Wildman–Crippen MR) is 108 cm³/mol. The van der Waals surface area contributed by atoms with E-state index in [-0.39, 0.29) is 40.1 Å². The van der Waals surface area contributed by atoms with Gasteiger partial charge in [0.25, 0.3) is 0 Å². The first-order chi connectivity index (χ1) is 12.5. The zero-order valence-electron chi connectivity index (χ0n) is 14.8. The Morgan fingerprint density at radius 2 is 1.11 bits per heavy atom. The standard InChI is InChI=1S/2C9H11NO2S.Co/c2*1-12-8-5-3-2-4-7(8)10-9(11)6-13;/h2*2-5,13H,6H2,1H3,(H,10,11);/q;;+2/p-2. The summed E-state index contributed by atoms with van der Waals surface area (Å²) in [6, 6.07) is 14.4. The molecule has 2 rings (SSSR count). The molecule has 1 radical (unpaired) electrons. The molecular formula is C18H20CoN2O4S2. The second-order valence-electron chi connectivity index (χ2n) is 4.79. The van der Waals surface area contributed by atoms with Crippen LogP contribution in [0.2, 0.25) is 0 Å². The summed E-state index contributed by atoms with van der Waals surface area (Å²) >= 11 is 9.20. The van der Waals surface area contributed by atoms with Crippen molar-refractivity contribution in [3.05, 3.63) is 48.5 Å². The number of hydrogen-bond acceptors (Lipinski definition) is 6. The van der Waals surface area contributed by atoms with Gasteiger partial charge in [0.1, 0.15) is 11.5 Å². The van der Waals surface area contributed by atoms with Gasteiger partial charge in [-0.05, 0) is 24.3 Å². The van der Waals surface area contributed by atoms with Gasteiger partial charge in [0.05, 0.1) is 25.6 Å². The van der Waals surface area contributed by atoms with E-state index in [9.17, 15) is 9.59 Å². The smallest absolute Gasteiger partial charge is 0.783 e. The summed E-state index contributed by atoms with van der Waals surface area (Å²) < 4.78 is 10.1. The molecule has 0 atom stereocenters. The molecule has 0 aliphatic rings. The molecule has 0 aromatic heterocycles. The van der Waals surface area contributed by atoms with Gasteiger partial charge in [-0.2, -0.15) is 0 Å². The number of nitrogens with one attached hydrogen (secondary N) is 2. The van der Waals surface area contributed by atoms with Crippen molar-refractivity contribution in [1.29, 1.82) is 0 Å². The van der Waals surface area contributed by atoms with Crippen LogP contribution < -0.4 is 20.1 Å². The number of para-hydroxylation sites is 4. The van der Waals surface area contributed by atoms with Gasteiger partial charge in [0, 0.05) is 0 Å². The number of methoxy groups -OCH3 is 2. The Kier molecular flexibility index (Phi) is 13.3. The number of hydrogen-bond donors (Lipinski definition) is 2. The van der Waals surface area contributed by atoms with Crippen LogP contribution in [0.1, 0.15) is 0 Å². The molecule has 0 unspecified atom stereocenters. The fraction of sp³-hybridized carbons (Fsp3) is 0.222. The van der Waals surface area contributed by atoms with Crippen LogP contribution in [0.25, 0.3) is 0 Å². The van der Waals surface area contributed by atoms with E-state index in [1.54, 1.807) is 38.5 Å². The Labute approximate surface area is 180 Å². The summed E-state index contributed by atoms with van der Waals surface area (Å²) in [6.45, 7) is 0. The molecule has 0 heterocycles. The van der Waals surface area contributed by atoms with Crippen molar-refractivity contribution in [1.82, 2.24) is 0 Å². The summed E-state index contributed by atoms with van der Waals surface area (Å²) in [6.07, 6.45) is 0. The minimum absolute atomic E-state index is 0. The first-order valence-electron chi connectivity index (χ1n) is 7.57. The zero-order chi connectivity index (χ0) is 19.4. The van der Waals surface area contributed by atoms with Crippen LogP contribution >= 0.6 is 0 Å². The Morgan fingerprint density at radius 3 is 1.41 bits per heavy atom. The SMILES string of the molecule is COc1ccccc1NC(=O)C[S-].COc1ccccc1NC(=O)C[S-].[Co+2]. The molecule has 2 aromatic rings. The van der Waals surface area contributed by atoms with Gasteiger partial charge in [-0.25, -0.2) is 0 Å². The Morgan fingerprint density at radius 1 is 0.778 bits per heavy atom. The van der Waals surface area contributed by atoms with Crippen molar-refractivity contribution in [2.24, 2.45) is 0 Å². The first-order valence-corrected chi connectivity index (χ1v) is 8.73. The van der Waals surface area contributed by atoms with Crippen molar-refractivity contribution in [2.75, 3.05) is 36.4 Å². The molecule has 0 aliphatic carbocycles. The predicted octanol–water partition coefficient (Wildman–Crippen LogP) is 2.36. The summed E-state index contributed by atoms with van der Waals surface area (Å²) in [5.74, 6) is 0.994. The Hall–Kier alpha value is -1.81. The van der Waals surface area contributed by atoms with E-state index in [1.165, 1.54) is 0 Å². The molecule has 0 aliphatic heterocycles. The summed E-state index contributed by atoms with van der Waals surface area (Å²) in [5.41, 5.74) is 1.31. The molecule has 9 heteroatoms. The average Bonchev–Trinajstić information content (AvgIpc) is 2.69. The monoisotopic (exact) mass is 451 g/mol. The maximum absolute atomic E-state index is 11.0. The number of anilines is 2. The van der Waals surface area contributed by atoms with Gasteiger partial charge in [0.2, 0.25) is 0 Å². The largest absolute Gasteiger partial charge is 2.00 e. The molecule has 0 saturated heterocycles. The second-order valence-corrected chi connectivity index (χ2v) is 5.36. The van der Waals surface area contributed by atoms with Crippen LogP contribution in [-0.2, 0) is 51.6 Å². The quantitative estimate of drug-likeness (QED) is 0.657. The number of carbonyl (C=O) groups excluding carboxylic acids is 2. The number of carbonyl (C=O) groups is 2. The van der Waals surface area contributed by atoms with Crippen molar-refractivity contribution in [2.45, 2.75) is 0 Å². The summed E-state index contributed by atoms with van der Waals surface area (Å²) in [7, 11) is 3.11. The number of rotatable bonds is 6. The van der Waals surface area contributed by atoms with Crippen molar-refractivity contribution < 1.29 is 35.8 Å². The Balaban J connectivity index is 0.000000483. The molecule has 2 amide bonds. The molecule has 0 saturated carbocycles. The topological polar surface area (TPSA) is 76.7 Å². The van der Waals surface area contributed by atoms with Gasteiger partial charge >= 0.3 is 16.8 Å². The normalized spacial score (nSPS) is 9.04. The van der Waals surface area contributed by atoms with Crippen LogP contribution in [0.4, 0.5) is 11.4 Å². The number of benzene rings is 2. The van der Waals surface area contributed by atoms with E-state index in [2.05, 4.69) is 35.9 Å². The molecule has 2 aromatic carbocycles. The van der Waals surface area contributed by atoms with E-state index in [4.69, 9.17) is 9.47 Å². The molecule has 0 fully saturated rings. The van der Waals surface area contributed by atoms with Crippen molar-refractivity contribution in [3.63, 3.8) is 0 Å². The third-order valence-electron chi connectivity index (χ3n) is 3.02. The third-order valence-corrected chi connectivity index (χ3v) is 3.55. The van der Waals surface area contributed by atoms with E-state index >= 15 is 0 Å². The molecule has 0 bridgehead atoms. The van der Waals surface area contributed by atoms with E-state index in [1.807, 2.05) is 24.3 Å². The van der Waals surface area contributed by atoms with Gasteiger partial charge in [0.15, 0.2) is 11.8 Å². The fourth-order valence-electron chi connectivity index (χ4n) is 1.87. The zero-order valence-corrected chi connectivity index (χ0v) is 17.5. The van der Waals surface area contributed by atoms with Crippen molar-refractivity contribution >= 4 is 48.4 Å². The third kappa shape index (κ3) is 9.09. The van der Waals surface area contributed by atoms with E-state index in [0.29, 0.717) is 22.9 Å². The van der Waals surface area contributed by atoms with Crippen LogP contribution in [0.15, 0.2) is 48.5 Å². The fourth-order valence-corrected chi connectivity index (χ4v) is 2.01. The average molecular weight is 451 g/mol. The van der Waals surface area contributed by atoms with E-state index in [0.717, 1.165) is 0 Å². The van der Waals surface area contributed by atoms with Gasteiger partial charge in [-0.3, -0.25) is 9.59 Å². The molecule has 0 spiro atoms. The maximum atomic E-state index is 11.0. The summed E-state index contributed by atoms with van der Waals surface area (Å²) in [5, 5.41) is 5.29. The van der Waals surface area contributed by atoms with Gasteiger partial charge in [-0.15, -0.1) is 0 Å². The van der Waals surface area contributed by atoms with Crippen LogP contribution in [0.5, 0.6) is 11.5 Å². The van der Waals surface area contributed by atoms with Crippen LogP contribution in [0, 0.1) is 0 Å².